The van der Waals surface area contributed by atoms with Gasteiger partial charge in [0.1, 0.15) is 6.10 Å². The molecule has 0 radical (unpaired) electrons. The minimum Gasteiger partial charge on any atom is -0.480 e. The first kappa shape index (κ1) is 16.9. The largest absolute Gasteiger partial charge is 0.480 e. The molecule has 0 saturated carbocycles. The Morgan fingerprint density at radius 3 is 2.39 bits per heavy atom. The fraction of sp³-hybridized carbons (Fsp3) is 0.294. The molecule has 2 atom stereocenters. The van der Waals surface area contributed by atoms with Crippen molar-refractivity contribution in [1.29, 1.82) is 0 Å². The van der Waals surface area contributed by atoms with Crippen LogP contribution in [0.25, 0.3) is 0 Å². The van der Waals surface area contributed by atoms with Crippen LogP contribution in [0.3, 0.4) is 0 Å². The molecule has 3 rings (SSSR count). The number of nitrogens with one attached hydrogen (secondary N) is 1. The normalized spacial score (nSPS) is 19.3. The lowest BCUT2D eigenvalue weighted by atomic mass is 10.0. The Bertz CT molecular complexity index is 637. The van der Waals surface area contributed by atoms with Crippen LogP contribution < -0.4 is 10.1 Å². The van der Waals surface area contributed by atoms with Crippen molar-refractivity contribution in [3.8, 4) is 5.75 Å². The average molecular weight is 373 g/mol. The molecule has 6 heteroatoms. The summed E-state index contributed by atoms with van der Waals surface area (Å²) >= 11 is 18.5. The van der Waals surface area contributed by atoms with Crippen molar-refractivity contribution in [1.82, 2.24) is 5.32 Å². The molecule has 0 aliphatic carbocycles. The van der Waals surface area contributed by atoms with E-state index in [4.69, 9.17) is 44.3 Å². The van der Waals surface area contributed by atoms with E-state index in [2.05, 4.69) is 5.32 Å². The molecule has 1 N–H and O–H groups in total. The molecule has 0 unspecified atom stereocenters. The second kappa shape index (κ2) is 7.73. The third-order valence-electron chi connectivity index (χ3n) is 3.63. The second-order valence-corrected chi connectivity index (χ2v) is 6.51. The number of morpholine rings is 1. The quantitative estimate of drug-likeness (QED) is 0.839. The number of ether oxygens (including phenoxy) is 2. The van der Waals surface area contributed by atoms with Crippen LogP contribution in [0.4, 0.5) is 0 Å². The number of halogens is 3. The molecule has 1 aliphatic rings. The maximum atomic E-state index is 6.25. The molecule has 2 aromatic carbocycles. The van der Waals surface area contributed by atoms with Crippen molar-refractivity contribution in [3.05, 3.63) is 63.1 Å². The molecule has 1 saturated heterocycles. The molecule has 0 spiro atoms. The van der Waals surface area contributed by atoms with Crippen LogP contribution in [0.2, 0.25) is 15.1 Å². The average Bonchev–Trinajstić information content (AvgIpc) is 2.56. The zero-order chi connectivity index (χ0) is 16.2. The fourth-order valence-electron chi connectivity index (χ4n) is 2.55. The highest BCUT2D eigenvalue weighted by atomic mass is 35.5. The minimum absolute atomic E-state index is 0.131. The van der Waals surface area contributed by atoms with E-state index in [0.29, 0.717) is 34.0 Å². The smallest absolute Gasteiger partial charge is 0.157 e. The van der Waals surface area contributed by atoms with Gasteiger partial charge in [-0.1, -0.05) is 65.1 Å². The van der Waals surface area contributed by atoms with E-state index in [1.54, 1.807) is 12.1 Å². The number of rotatable bonds is 4. The van der Waals surface area contributed by atoms with Gasteiger partial charge in [0.05, 0.1) is 16.7 Å². The first-order chi connectivity index (χ1) is 11.1. The van der Waals surface area contributed by atoms with Crippen LogP contribution >= 0.6 is 34.8 Å². The maximum Gasteiger partial charge on any atom is 0.157 e. The first-order valence-electron chi connectivity index (χ1n) is 7.33. The lowest BCUT2D eigenvalue weighted by molar-refractivity contribution is -0.0431. The SMILES string of the molecule is Clc1cc(Cl)c(O[C@@H](c2ccccc2)[C@@H]2CNCCO2)c(Cl)c1. The van der Waals surface area contributed by atoms with E-state index in [1.165, 1.54) is 0 Å². The number of benzene rings is 2. The van der Waals surface area contributed by atoms with Gasteiger partial charge in [-0.05, 0) is 17.7 Å². The molecule has 1 heterocycles. The summed E-state index contributed by atoms with van der Waals surface area (Å²) in [6.07, 6.45) is -0.450. The Morgan fingerprint density at radius 2 is 1.78 bits per heavy atom. The van der Waals surface area contributed by atoms with Gasteiger partial charge in [0, 0.05) is 18.1 Å². The molecule has 23 heavy (non-hydrogen) atoms. The molecule has 1 aliphatic heterocycles. The third-order valence-corrected chi connectivity index (χ3v) is 4.41. The van der Waals surface area contributed by atoms with E-state index in [-0.39, 0.29) is 12.2 Å². The molecular weight excluding hydrogens is 357 g/mol. The predicted octanol–water partition coefficient (Wildman–Crippen LogP) is 4.76. The van der Waals surface area contributed by atoms with Crippen LogP contribution in [-0.2, 0) is 4.74 Å². The Hall–Kier alpha value is -0.970. The summed E-state index contributed by atoms with van der Waals surface area (Å²) in [5, 5.41) is 4.55. The zero-order valence-electron chi connectivity index (χ0n) is 12.3. The van der Waals surface area contributed by atoms with E-state index in [9.17, 15) is 0 Å². The maximum absolute atomic E-state index is 6.25. The van der Waals surface area contributed by atoms with Crippen LogP contribution in [-0.4, -0.2) is 25.8 Å². The highest BCUT2D eigenvalue weighted by Crippen LogP contribution is 2.39. The van der Waals surface area contributed by atoms with Gasteiger partial charge in [0.15, 0.2) is 11.9 Å². The first-order valence-corrected chi connectivity index (χ1v) is 8.47. The molecule has 3 nitrogen and oxygen atoms in total. The topological polar surface area (TPSA) is 30.5 Å². The van der Waals surface area contributed by atoms with Gasteiger partial charge in [0.25, 0.3) is 0 Å². The molecule has 122 valence electrons. The van der Waals surface area contributed by atoms with Crippen molar-refractivity contribution < 1.29 is 9.47 Å². The minimum atomic E-state index is -0.319. The van der Waals surface area contributed by atoms with Crippen LogP contribution in [0.15, 0.2) is 42.5 Å². The molecule has 1 fully saturated rings. The highest BCUT2D eigenvalue weighted by molar-refractivity contribution is 6.40. The number of hydrogen-bond donors (Lipinski definition) is 1. The molecule has 0 aromatic heterocycles. The van der Waals surface area contributed by atoms with Gasteiger partial charge in [-0.2, -0.15) is 0 Å². The third kappa shape index (κ3) is 4.11. The highest BCUT2D eigenvalue weighted by Gasteiger charge is 2.29. The summed E-state index contributed by atoms with van der Waals surface area (Å²) in [5.74, 6) is 0.417. The van der Waals surface area contributed by atoms with Gasteiger partial charge in [0.2, 0.25) is 0 Å². The summed E-state index contributed by atoms with van der Waals surface area (Å²) in [6.45, 7) is 2.17. The van der Waals surface area contributed by atoms with Crippen molar-refractivity contribution in [3.63, 3.8) is 0 Å². The standard InChI is InChI=1S/C17H16Cl3NO2/c18-12-8-13(19)17(14(20)9-12)23-16(11-4-2-1-3-5-11)15-10-21-6-7-22-15/h1-5,8-9,15-16,21H,6-7,10H2/t15-,16-/m0/s1. The lowest BCUT2D eigenvalue weighted by Crippen LogP contribution is -2.43. The summed E-state index contributed by atoms with van der Waals surface area (Å²) < 4.78 is 12.0. The van der Waals surface area contributed by atoms with Crippen molar-refractivity contribution >= 4 is 34.8 Å². The van der Waals surface area contributed by atoms with Crippen LogP contribution in [0.1, 0.15) is 11.7 Å². The summed E-state index contributed by atoms with van der Waals surface area (Å²) in [6, 6.07) is 13.1. The second-order valence-electron chi connectivity index (χ2n) is 5.26. The monoisotopic (exact) mass is 371 g/mol. The van der Waals surface area contributed by atoms with Crippen LogP contribution in [0.5, 0.6) is 5.75 Å². The number of hydrogen-bond acceptors (Lipinski definition) is 3. The molecule has 0 amide bonds. The summed E-state index contributed by atoms with van der Waals surface area (Å²) in [5.41, 5.74) is 1.00. The Kier molecular flexibility index (Phi) is 5.67. The molecule has 0 bridgehead atoms. The van der Waals surface area contributed by atoms with Gasteiger partial charge in [-0.25, -0.2) is 0 Å². The van der Waals surface area contributed by atoms with Crippen molar-refractivity contribution in [2.75, 3.05) is 19.7 Å². The Labute approximate surface area is 150 Å². The summed E-state index contributed by atoms with van der Waals surface area (Å²) in [4.78, 5) is 0. The molecular formula is C17H16Cl3NO2. The Morgan fingerprint density at radius 1 is 1.09 bits per heavy atom. The van der Waals surface area contributed by atoms with Gasteiger partial charge in [-0.15, -0.1) is 0 Å². The van der Waals surface area contributed by atoms with Gasteiger partial charge in [-0.3, -0.25) is 0 Å². The zero-order valence-corrected chi connectivity index (χ0v) is 14.5. The Balaban J connectivity index is 1.93. The van der Waals surface area contributed by atoms with Crippen molar-refractivity contribution in [2.45, 2.75) is 12.2 Å². The fourth-order valence-corrected chi connectivity index (χ4v) is 3.46. The van der Waals surface area contributed by atoms with E-state index in [0.717, 1.165) is 12.1 Å². The van der Waals surface area contributed by atoms with E-state index in [1.807, 2.05) is 30.3 Å². The lowest BCUT2D eigenvalue weighted by Gasteiger charge is -2.32. The van der Waals surface area contributed by atoms with Gasteiger partial charge >= 0.3 is 0 Å². The molecule has 2 aromatic rings. The van der Waals surface area contributed by atoms with Gasteiger partial charge < -0.3 is 14.8 Å². The van der Waals surface area contributed by atoms with E-state index >= 15 is 0 Å². The van der Waals surface area contributed by atoms with E-state index < -0.39 is 0 Å². The summed E-state index contributed by atoms with van der Waals surface area (Å²) in [7, 11) is 0. The predicted molar refractivity (Wildman–Crippen MR) is 93.9 cm³/mol. The van der Waals surface area contributed by atoms with Crippen LogP contribution in [0, 0.1) is 0 Å². The van der Waals surface area contributed by atoms with Crippen molar-refractivity contribution in [2.24, 2.45) is 0 Å².